The molecule has 1 atom stereocenters. The molecule has 0 aliphatic rings. The summed E-state index contributed by atoms with van der Waals surface area (Å²) in [5.74, 6) is -0.264. The number of carbonyl (C=O) groups is 1. The molecule has 0 bridgehead atoms. The molecule has 0 saturated heterocycles. The molecule has 6 nitrogen and oxygen atoms in total. The molecule has 1 N–H and O–H groups in total. The zero-order valence-corrected chi connectivity index (χ0v) is 19.1. The highest BCUT2D eigenvalue weighted by Gasteiger charge is 2.18. The Hall–Kier alpha value is -3.38. The minimum absolute atomic E-state index is 0.139. The number of amides is 1. The largest absolute Gasteiger partial charge is 0.348 e. The van der Waals surface area contributed by atoms with E-state index in [0.29, 0.717) is 17.0 Å². The molecule has 0 spiro atoms. The first kappa shape index (κ1) is 21.8. The van der Waals surface area contributed by atoms with Gasteiger partial charge in [0.2, 0.25) is 5.91 Å². The van der Waals surface area contributed by atoms with Crippen molar-refractivity contribution in [3.8, 4) is 0 Å². The van der Waals surface area contributed by atoms with Gasteiger partial charge in [-0.05, 0) is 38.0 Å². The third-order valence-electron chi connectivity index (χ3n) is 5.86. The zero-order valence-electron chi connectivity index (χ0n) is 18.3. The van der Waals surface area contributed by atoms with E-state index in [4.69, 9.17) is 11.6 Å². The van der Waals surface area contributed by atoms with Crippen molar-refractivity contribution in [2.45, 2.75) is 39.9 Å². The maximum atomic E-state index is 13.2. The molecule has 0 unspecified atom stereocenters. The summed E-state index contributed by atoms with van der Waals surface area (Å²) in [7, 11) is 0. The van der Waals surface area contributed by atoms with Gasteiger partial charge in [0.1, 0.15) is 6.54 Å². The molecule has 2 aromatic heterocycles. The Bertz CT molecular complexity index is 1340. The van der Waals surface area contributed by atoms with Gasteiger partial charge in [-0.3, -0.25) is 9.59 Å². The molecule has 7 heteroatoms. The third-order valence-corrected chi connectivity index (χ3v) is 6.23. The molecule has 4 rings (SSSR count). The number of aromatic nitrogens is 3. The molecule has 1 amide bonds. The van der Waals surface area contributed by atoms with Crippen LogP contribution in [0.1, 0.15) is 35.5 Å². The number of carbonyl (C=O) groups excluding carboxylic acids is 1. The van der Waals surface area contributed by atoms with Gasteiger partial charge < -0.3 is 9.88 Å². The number of aryl methyl sites for hydroxylation is 2. The van der Waals surface area contributed by atoms with E-state index in [1.54, 1.807) is 6.20 Å². The summed E-state index contributed by atoms with van der Waals surface area (Å²) in [5.41, 5.74) is 3.47. The van der Waals surface area contributed by atoms with E-state index in [1.165, 1.54) is 4.68 Å². The number of hydrogen-bond acceptors (Lipinski definition) is 3. The lowest BCUT2D eigenvalue weighted by molar-refractivity contribution is -0.122. The van der Waals surface area contributed by atoms with Crippen molar-refractivity contribution in [3.63, 3.8) is 0 Å². The van der Waals surface area contributed by atoms with E-state index in [-0.39, 0.29) is 24.1 Å². The second kappa shape index (κ2) is 9.01. The molecular weight excluding hydrogens is 424 g/mol. The van der Waals surface area contributed by atoms with Gasteiger partial charge >= 0.3 is 0 Å². The molecule has 0 aliphatic heterocycles. The lowest BCUT2D eigenvalue weighted by atomic mass is 10.1. The van der Waals surface area contributed by atoms with Crippen molar-refractivity contribution >= 4 is 28.3 Å². The highest BCUT2D eigenvalue weighted by Crippen LogP contribution is 2.25. The average Bonchev–Trinajstić information content (AvgIpc) is 3.02. The van der Waals surface area contributed by atoms with E-state index < -0.39 is 0 Å². The van der Waals surface area contributed by atoms with Gasteiger partial charge in [-0.25, -0.2) is 4.68 Å². The Morgan fingerprint density at radius 1 is 1.06 bits per heavy atom. The van der Waals surface area contributed by atoms with E-state index in [1.807, 2.05) is 75.4 Å². The molecule has 2 heterocycles. The predicted octanol–water partition coefficient (Wildman–Crippen LogP) is 4.39. The number of rotatable bonds is 6. The van der Waals surface area contributed by atoms with Gasteiger partial charge in [-0.15, -0.1) is 0 Å². The minimum atomic E-state index is -0.275. The Balaban J connectivity index is 1.61. The first-order valence-corrected chi connectivity index (χ1v) is 10.9. The number of halogens is 1. The van der Waals surface area contributed by atoms with E-state index >= 15 is 0 Å². The molecule has 0 aliphatic carbocycles. The van der Waals surface area contributed by atoms with Crippen LogP contribution in [-0.2, 0) is 17.9 Å². The van der Waals surface area contributed by atoms with Gasteiger partial charge in [-0.1, -0.05) is 60.1 Å². The van der Waals surface area contributed by atoms with E-state index in [0.717, 1.165) is 27.9 Å². The normalized spacial score (nSPS) is 12.1. The van der Waals surface area contributed by atoms with Crippen LogP contribution in [0.25, 0.3) is 10.8 Å². The zero-order chi connectivity index (χ0) is 22.8. The summed E-state index contributed by atoms with van der Waals surface area (Å²) in [6, 6.07) is 17.2. The smallest absolute Gasteiger partial charge is 0.276 e. The SMILES string of the molecule is Cc1c2cnn(CC(=O)N[C@H](C)c3ccccc3)c(=O)c2c(C)n1Cc1ccccc1Cl. The number of benzene rings is 2. The monoisotopic (exact) mass is 448 g/mol. The van der Waals surface area contributed by atoms with Gasteiger partial charge in [-0.2, -0.15) is 5.10 Å². The minimum Gasteiger partial charge on any atom is -0.348 e. The van der Waals surface area contributed by atoms with Crippen LogP contribution in [0.4, 0.5) is 0 Å². The van der Waals surface area contributed by atoms with Crippen molar-refractivity contribution in [2.24, 2.45) is 0 Å². The molecular formula is C25H25ClN4O2. The summed E-state index contributed by atoms with van der Waals surface area (Å²) in [5, 5.41) is 9.25. The lowest BCUT2D eigenvalue weighted by Crippen LogP contribution is -2.35. The van der Waals surface area contributed by atoms with Crippen LogP contribution in [-0.4, -0.2) is 20.3 Å². The fourth-order valence-electron chi connectivity index (χ4n) is 4.04. The summed E-state index contributed by atoms with van der Waals surface area (Å²) in [6.07, 6.45) is 1.66. The van der Waals surface area contributed by atoms with Crippen molar-refractivity contribution in [2.75, 3.05) is 0 Å². The van der Waals surface area contributed by atoms with E-state index in [9.17, 15) is 9.59 Å². The van der Waals surface area contributed by atoms with Gasteiger partial charge in [0, 0.05) is 28.3 Å². The summed E-state index contributed by atoms with van der Waals surface area (Å²) < 4.78 is 3.29. The van der Waals surface area contributed by atoms with Crippen LogP contribution in [0.2, 0.25) is 5.02 Å². The number of fused-ring (bicyclic) bond motifs is 1. The highest BCUT2D eigenvalue weighted by molar-refractivity contribution is 6.31. The molecule has 0 saturated carbocycles. The van der Waals surface area contributed by atoms with Gasteiger partial charge in [0.05, 0.1) is 17.6 Å². The fourth-order valence-corrected chi connectivity index (χ4v) is 4.24. The fraction of sp³-hybridized carbons (Fsp3) is 0.240. The number of nitrogens with one attached hydrogen (secondary N) is 1. The van der Waals surface area contributed by atoms with Gasteiger partial charge in [0.15, 0.2) is 0 Å². The second-order valence-electron chi connectivity index (χ2n) is 7.94. The topological polar surface area (TPSA) is 68.9 Å². The quantitative estimate of drug-likeness (QED) is 0.475. The Morgan fingerprint density at radius 3 is 2.47 bits per heavy atom. The number of hydrogen-bond donors (Lipinski definition) is 1. The molecule has 164 valence electrons. The average molecular weight is 449 g/mol. The van der Waals surface area contributed by atoms with Crippen LogP contribution in [0.15, 0.2) is 65.6 Å². The molecule has 4 aromatic rings. The van der Waals surface area contributed by atoms with Crippen LogP contribution < -0.4 is 10.9 Å². The lowest BCUT2D eigenvalue weighted by Gasteiger charge is -2.14. The van der Waals surface area contributed by atoms with E-state index in [2.05, 4.69) is 15.0 Å². The second-order valence-corrected chi connectivity index (χ2v) is 8.35. The molecule has 0 radical (unpaired) electrons. The van der Waals surface area contributed by atoms with Crippen molar-refractivity contribution in [1.29, 1.82) is 0 Å². The Kier molecular flexibility index (Phi) is 6.15. The molecule has 32 heavy (non-hydrogen) atoms. The van der Waals surface area contributed by atoms with Crippen molar-refractivity contribution in [3.05, 3.63) is 98.7 Å². The maximum Gasteiger partial charge on any atom is 0.276 e. The van der Waals surface area contributed by atoms with Crippen LogP contribution >= 0.6 is 11.6 Å². The maximum absolute atomic E-state index is 13.2. The third kappa shape index (κ3) is 4.18. The summed E-state index contributed by atoms with van der Waals surface area (Å²) in [6.45, 7) is 6.21. The first-order valence-electron chi connectivity index (χ1n) is 10.5. The summed E-state index contributed by atoms with van der Waals surface area (Å²) in [4.78, 5) is 25.8. The Labute approximate surface area is 191 Å². The van der Waals surface area contributed by atoms with Crippen molar-refractivity contribution in [1.82, 2.24) is 19.7 Å². The first-order chi connectivity index (χ1) is 15.4. The van der Waals surface area contributed by atoms with Crippen LogP contribution in [0, 0.1) is 13.8 Å². The summed E-state index contributed by atoms with van der Waals surface area (Å²) >= 11 is 6.34. The predicted molar refractivity (Wildman–Crippen MR) is 127 cm³/mol. The highest BCUT2D eigenvalue weighted by atomic mass is 35.5. The molecule has 2 aromatic carbocycles. The van der Waals surface area contributed by atoms with Crippen LogP contribution in [0.5, 0.6) is 0 Å². The molecule has 0 fully saturated rings. The standard InChI is InChI=1S/C25H25ClN4O2/c1-16(19-9-5-4-6-10-19)28-23(31)15-30-25(32)24-18(3)29(17(2)21(24)13-27-30)14-20-11-7-8-12-22(20)26/h4-13,16H,14-15H2,1-3H3,(H,28,31)/t16-/m1/s1. The Morgan fingerprint density at radius 2 is 1.75 bits per heavy atom. The van der Waals surface area contributed by atoms with Crippen molar-refractivity contribution < 1.29 is 4.79 Å². The number of nitrogens with zero attached hydrogens (tertiary/aromatic N) is 3. The van der Waals surface area contributed by atoms with Crippen LogP contribution in [0.3, 0.4) is 0 Å². The van der Waals surface area contributed by atoms with Gasteiger partial charge in [0.25, 0.3) is 5.56 Å².